The fraction of sp³-hybridized carbons (Fsp3) is 0.521. The van der Waals surface area contributed by atoms with Gasteiger partial charge >= 0.3 is 17.9 Å². The number of hydrogen-bond acceptors (Lipinski definition) is 15. The maximum Gasteiger partial charge on any atom is 0.328 e. The smallest absolute Gasteiger partial charge is 0.328 e. The molecule has 0 spiro atoms. The second kappa shape index (κ2) is 33.1. The molecule has 5 aromatic heterocycles. The van der Waals surface area contributed by atoms with Crippen LogP contribution in [0.4, 0.5) is 13.2 Å². The number of fused-ring (bicyclic) bond motifs is 4. The predicted octanol–water partition coefficient (Wildman–Crippen LogP) is 10.9. The van der Waals surface area contributed by atoms with Crippen molar-refractivity contribution in [2.45, 2.75) is 221 Å². The molecule has 0 aliphatic heterocycles. The van der Waals surface area contributed by atoms with Crippen LogP contribution >= 0.6 is 0 Å². The van der Waals surface area contributed by atoms with Crippen LogP contribution in [0.5, 0.6) is 17.6 Å². The Morgan fingerprint density at radius 2 is 1.05 bits per heavy atom. The number of aromatic nitrogens is 9. The van der Waals surface area contributed by atoms with Gasteiger partial charge in [0, 0.05) is 75.2 Å². The summed E-state index contributed by atoms with van der Waals surface area (Å²) >= 11 is 0. The minimum Gasteiger partial charge on any atom is -0.480 e. The molecule has 0 bridgehead atoms. The number of ether oxygens (including phenoxy) is 5. The molecule has 4 aliphatic carbocycles. The lowest BCUT2D eigenvalue weighted by atomic mass is 9.86. The zero-order valence-corrected chi connectivity index (χ0v) is 56.7. The van der Waals surface area contributed by atoms with Gasteiger partial charge in [0.25, 0.3) is 11.5 Å². The molecule has 25 heteroatoms. The molecule has 0 radical (unpaired) electrons. The Kier molecular flexibility index (Phi) is 25.1. The van der Waals surface area contributed by atoms with Crippen molar-refractivity contribution >= 4 is 29.6 Å². The van der Waals surface area contributed by atoms with Gasteiger partial charge in [0.05, 0.1) is 37.6 Å². The summed E-state index contributed by atoms with van der Waals surface area (Å²) in [6.45, 7) is 18.7. The summed E-state index contributed by atoms with van der Waals surface area (Å²) in [4.78, 5) is 76.2. The number of amides is 1. The number of carboxylic acid groups (broad SMARTS) is 1. The monoisotopic (exact) mass is 1330 g/mol. The molecule has 4 aliphatic rings. The van der Waals surface area contributed by atoms with E-state index >= 15 is 0 Å². The van der Waals surface area contributed by atoms with Gasteiger partial charge in [-0.15, -0.1) is 15.3 Å². The van der Waals surface area contributed by atoms with Crippen molar-refractivity contribution < 1.29 is 65.9 Å². The van der Waals surface area contributed by atoms with Crippen molar-refractivity contribution in [2.75, 3.05) is 19.8 Å². The molecule has 96 heavy (non-hydrogen) atoms. The highest BCUT2D eigenvalue weighted by Crippen LogP contribution is 2.36. The summed E-state index contributed by atoms with van der Waals surface area (Å²) in [5.41, 5.74) is 14.2. The number of benzene rings is 2. The lowest BCUT2D eigenvalue weighted by molar-refractivity contribution is -0.157. The average molecular weight is 1330 g/mol. The number of nitrogens with zero attached hydrogens (tertiary/aromatic N) is 8. The Bertz CT molecular complexity index is 3920. The molecular formula is C71H91F3N10O12. The van der Waals surface area contributed by atoms with Crippen molar-refractivity contribution in [1.82, 2.24) is 44.1 Å². The third-order valence-corrected chi connectivity index (χ3v) is 16.4. The highest BCUT2D eigenvalue weighted by molar-refractivity contribution is 5.94. The van der Waals surface area contributed by atoms with E-state index < -0.39 is 46.4 Å². The zero-order chi connectivity index (χ0) is 69.4. The third-order valence-electron chi connectivity index (χ3n) is 16.4. The number of nitrogens with two attached hydrogens (primary N) is 1. The third kappa shape index (κ3) is 19.8. The van der Waals surface area contributed by atoms with Gasteiger partial charge in [0.15, 0.2) is 5.78 Å². The first kappa shape index (κ1) is 72.8. The Morgan fingerprint density at radius 1 is 0.594 bits per heavy atom. The number of carbonyl (C=O) groups is 5. The average Bonchev–Trinajstić information content (AvgIpc) is 1.62. The Morgan fingerprint density at radius 3 is 1.53 bits per heavy atom. The summed E-state index contributed by atoms with van der Waals surface area (Å²) in [7, 11) is 0. The van der Waals surface area contributed by atoms with E-state index in [0.29, 0.717) is 59.8 Å². The number of esters is 2. The van der Waals surface area contributed by atoms with Crippen molar-refractivity contribution in [3.05, 3.63) is 144 Å². The van der Waals surface area contributed by atoms with Gasteiger partial charge in [-0.05, 0) is 213 Å². The SMILES string of the molecule is CC(C)(C)OC(=O)Cn1[nH]c(=O)c2c1CCCC2.CCOc1nn(CC(=O)C[C@@H](Cc2cc(F)cc(F)c2)c2ncccc2-c2ccc(F)c(C(N)=O)c2)c2c1CCCC2.CCOc1nn(CC(=O)O)c2c1CCCC2.CCOc1nn(CC(=O)OC(C)(C)C)c2c1CCCC2. The first-order chi connectivity index (χ1) is 45.7. The van der Waals surface area contributed by atoms with E-state index in [9.17, 15) is 41.9 Å². The number of carboxylic acids is 1. The van der Waals surface area contributed by atoms with Gasteiger partial charge in [-0.25, -0.2) is 13.2 Å². The van der Waals surface area contributed by atoms with E-state index in [4.69, 9.17) is 34.5 Å². The number of pyridine rings is 1. The van der Waals surface area contributed by atoms with Crippen LogP contribution in [0.25, 0.3) is 11.1 Å². The molecule has 22 nitrogen and oxygen atoms in total. The molecule has 1 amide bonds. The molecular weight excluding hydrogens is 1240 g/mol. The first-order valence-electron chi connectivity index (χ1n) is 33.3. The molecule has 11 rings (SSSR count). The maximum atomic E-state index is 14.3. The highest BCUT2D eigenvalue weighted by Gasteiger charge is 2.30. The number of Topliss-reactive ketones (excluding diaryl/α,β-unsaturated/α-hetero) is 1. The summed E-state index contributed by atoms with van der Waals surface area (Å²) < 4.78 is 76.6. The van der Waals surface area contributed by atoms with Gasteiger partial charge in [0.1, 0.15) is 48.3 Å². The van der Waals surface area contributed by atoms with Crippen LogP contribution in [0, 0.1) is 17.5 Å². The normalized spacial score (nSPS) is 14.2. The van der Waals surface area contributed by atoms with Crippen molar-refractivity contribution in [3.63, 3.8) is 0 Å². The topological polar surface area (TPSA) is 282 Å². The lowest BCUT2D eigenvalue weighted by Crippen LogP contribution is -2.27. The molecule has 2 aromatic carbocycles. The van der Waals surface area contributed by atoms with E-state index in [1.54, 1.807) is 37.1 Å². The fourth-order valence-corrected chi connectivity index (χ4v) is 12.7. The van der Waals surface area contributed by atoms with E-state index in [-0.39, 0.29) is 67.9 Å². The Balaban J connectivity index is 0.000000181. The Labute approximate surface area is 557 Å². The summed E-state index contributed by atoms with van der Waals surface area (Å²) in [5.74, 6) is -3.45. The Hall–Kier alpha value is -9.03. The minimum atomic E-state index is -0.921. The molecule has 0 saturated carbocycles. The summed E-state index contributed by atoms with van der Waals surface area (Å²) in [6, 6.07) is 10.6. The van der Waals surface area contributed by atoms with Gasteiger partial charge in [-0.1, -0.05) is 12.1 Å². The lowest BCUT2D eigenvalue weighted by Gasteiger charge is -2.20. The number of H-pyrrole nitrogens is 1. The van der Waals surface area contributed by atoms with Crippen LogP contribution in [0.2, 0.25) is 0 Å². The number of rotatable bonds is 21. The molecule has 7 aromatic rings. The fourth-order valence-electron chi connectivity index (χ4n) is 12.7. The predicted molar refractivity (Wildman–Crippen MR) is 352 cm³/mol. The van der Waals surface area contributed by atoms with Gasteiger partial charge < -0.3 is 34.5 Å². The van der Waals surface area contributed by atoms with Crippen molar-refractivity contribution in [1.29, 1.82) is 0 Å². The molecule has 0 fully saturated rings. The number of aliphatic carboxylic acids is 1. The van der Waals surface area contributed by atoms with Crippen molar-refractivity contribution in [2.24, 2.45) is 5.73 Å². The minimum absolute atomic E-state index is 0.00790. The second-order valence-corrected chi connectivity index (χ2v) is 26.2. The van der Waals surface area contributed by atoms with Gasteiger partial charge in [0.2, 0.25) is 17.6 Å². The largest absolute Gasteiger partial charge is 0.480 e. The number of aromatic amines is 1. The maximum absolute atomic E-state index is 14.3. The summed E-state index contributed by atoms with van der Waals surface area (Å²) in [5, 5.41) is 24.8. The zero-order valence-electron chi connectivity index (χ0n) is 56.7. The number of ketones is 1. The quantitative estimate of drug-likeness (QED) is 0.0564. The number of carbonyl (C=O) groups excluding carboxylic acids is 4. The van der Waals surface area contributed by atoms with Crippen LogP contribution in [-0.4, -0.2) is 110 Å². The highest BCUT2D eigenvalue weighted by atomic mass is 19.1. The number of primary amides is 1. The summed E-state index contributed by atoms with van der Waals surface area (Å²) in [6.07, 6.45) is 17.4. The van der Waals surface area contributed by atoms with Crippen LogP contribution in [0.3, 0.4) is 0 Å². The number of hydrogen-bond donors (Lipinski definition) is 3. The molecule has 0 unspecified atom stereocenters. The van der Waals surface area contributed by atoms with E-state index in [1.165, 1.54) is 29.8 Å². The molecule has 4 N–H and O–H groups in total. The van der Waals surface area contributed by atoms with Gasteiger partial charge in [-0.2, -0.15) is 0 Å². The first-order valence-corrected chi connectivity index (χ1v) is 33.3. The number of halogens is 3. The van der Waals surface area contributed by atoms with E-state index in [0.717, 1.165) is 154 Å². The van der Waals surface area contributed by atoms with Gasteiger partial charge in [-0.3, -0.25) is 57.6 Å². The van der Waals surface area contributed by atoms with Crippen molar-refractivity contribution in [3.8, 4) is 28.8 Å². The van der Waals surface area contributed by atoms with E-state index in [1.807, 2.05) is 62.3 Å². The van der Waals surface area contributed by atoms with Crippen LogP contribution in [-0.2, 0) is 113 Å². The molecule has 518 valence electrons. The van der Waals surface area contributed by atoms with E-state index in [2.05, 4.69) is 25.4 Å². The molecule has 0 saturated heterocycles. The van der Waals surface area contributed by atoms with Crippen LogP contribution < -0.4 is 25.5 Å². The molecule has 1 atom stereocenters. The molecule has 5 heterocycles. The number of nitrogens with one attached hydrogen (secondary N) is 1. The van der Waals surface area contributed by atoms with Crippen LogP contribution in [0.15, 0.2) is 59.5 Å². The van der Waals surface area contributed by atoms with Crippen LogP contribution in [0.1, 0.15) is 193 Å². The standard InChI is InChI=1S/C32H31F3N4O3.C15H24N2O3.C13H20N2O3.C11H16N2O3/c1-2-42-32-26-6-3-4-8-29(26)39(38-32)18-24(40)15-21(12-19-13-22(33)17-23(34)14-19)30-25(7-5-11-37-30)20-9-10-28(35)27(16-20)31(36)41;1-5-19-14-11-8-6-7-9-12(11)17(16-14)10-13(18)20-15(2,3)4;1-13(2,3)18-11(16)8-15-10-7-5-4-6-9(10)12(17)14-15;1-2-16-11-8-5-3-4-6-9(8)13(12-11)7-10(14)15/h5,7,9-11,13-14,16-17,21H,2-4,6,8,12,15,18H2,1H3,(H2,36,41);5-10H2,1-4H3;4-8H2,1-3H3,(H,14,17);2-7H2,1H3,(H,14,15)/t21-;;;/m1.../s1. The second-order valence-electron chi connectivity index (χ2n) is 26.2.